The maximum atomic E-state index is 12.9. The maximum absolute atomic E-state index is 12.9. The predicted molar refractivity (Wildman–Crippen MR) is 60.6 cm³/mol. The van der Waals surface area contributed by atoms with Gasteiger partial charge in [0.2, 0.25) is 6.33 Å². The molecule has 0 atom stereocenters. The van der Waals surface area contributed by atoms with E-state index < -0.39 is 4.92 Å². The van der Waals surface area contributed by atoms with Crippen molar-refractivity contribution in [3.63, 3.8) is 0 Å². The van der Waals surface area contributed by atoms with Crippen LogP contribution in [-0.2, 0) is 0 Å². The maximum Gasteiger partial charge on any atom is 0.388 e. The van der Waals surface area contributed by atoms with E-state index in [-0.39, 0.29) is 17.3 Å². The molecule has 0 unspecified atom stereocenters. The van der Waals surface area contributed by atoms with Crippen molar-refractivity contribution >= 4 is 18.0 Å². The standard InChI is InChI=1S/C11H8FN3O2/c12-9-3-1-2-8(6-9)4-5-10-11(15(16)17)14-7-13-10/h1-7H,(H,13,14)/b5-4+. The number of nitro groups is 1. The van der Waals surface area contributed by atoms with Gasteiger partial charge in [0.25, 0.3) is 0 Å². The van der Waals surface area contributed by atoms with E-state index in [1.807, 2.05) is 0 Å². The molecule has 0 bridgehead atoms. The minimum Gasteiger partial charge on any atom is -0.358 e. The smallest absolute Gasteiger partial charge is 0.358 e. The molecular weight excluding hydrogens is 225 g/mol. The third-order valence-electron chi connectivity index (χ3n) is 2.11. The van der Waals surface area contributed by atoms with Crippen molar-refractivity contribution in [3.8, 4) is 0 Å². The van der Waals surface area contributed by atoms with Gasteiger partial charge in [0, 0.05) is 0 Å². The van der Waals surface area contributed by atoms with Crippen molar-refractivity contribution in [1.29, 1.82) is 0 Å². The van der Waals surface area contributed by atoms with Gasteiger partial charge in [-0.25, -0.2) is 4.39 Å². The molecule has 0 spiro atoms. The van der Waals surface area contributed by atoms with Crippen LogP contribution in [-0.4, -0.2) is 14.9 Å². The van der Waals surface area contributed by atoms with Crippen LogP contribution in [0.15, 0.2) is 30.6 Å². The van der Waals surface area contributed by atoms with Gasteiger partial charge in [-0.3, -0.25) is 0 Å². The van der Waals surface area contributed by atoms with E-state index in [1.54, 1.807) is 18.2 Å². The molecule has 17 heavy (non-hydrogen) atoms. The quantitative estimate of drug-likeness (QED) is 0.654. The fourth-order valence-corrected chi connectivity index (χ4v) is 1.36. The van der Waals surface area contributed by atoms with Crippen LogP contribution in [0.3, 0.4) is 0 Å². The Hall–Kier alpha value is -2.50. The Bertz CT molecular complexity index is 578. The summed E-state index contributed by atoms with van der Waals surface area (Å²) in [7, 11) is 0. The molecule has 1 N–H and O–H groups in total. The molecule has 1 aromatic carbocycles. The van der Waals surface area contributed by atoms with E-state index in [9.17, 15) is 14.5 Å². The number of rotatable bonds is 3. The van der Waals surface area contributed by atoms with E-state index in [1.165, 1.54) is 24.5 Å². The van der Waals surface area contributed by atoms with E-state index in [2.05, 4.69) is 9.97 Å². The van der Waals surface area contributed by atoms with Gasteiger partial charge in [-0.05, 0) is 33.7 Å². The third-order valence-corrected chi connectivity index (χ3v) is 2.11. The van der Waals surface area contributed by atoms with Gasteiger partial charge in [0.1, 0.15) is 11.5 Å². The molecule has 0 fully saturated rings. The Kier molecular flexibility index (Phi) is 2.95. The Morgan fingerprint density at radius 3 is 2.94 bits per heavy atom. The van der Waals surface area contributed by atoms with Crippen LogP contribution in [0.4, 0.5) is 10.2 Å². The monoisotopic (exact) mass is 233 g/mol. The van der Waals surface area contributed by atoms with Crippen LogP contribution in [0.2, 0.25) is 0 Å². The Balaban J connectivity index is 2.26. The van der Waals surface area contributed by atoms with Crippen LogP contribution < -0.4 is 0 Å². The first-order valence-corrected chi connectivity index (χ1v) is 4.78. The lowest BCUT2D eigenvalue weighted by Crippen LogP contribution is -1.89. The average Bonchev–Trinajstić information content (AvgIpc) is 2.74. The van der Waals surface area contributed by atoms with Crippen LogP contribution in [0.1, 0.15) is 11.3 Å². The van der Waals surface area contributed by atoms with Crippen LogP contribution in [0, 0.1) is 15.9 Å². The number of halogens is 1. The first kappa shape index (κ1) is 11.0. The fraction of sp³-hybridized carbons (Fsp3) is 0. The van der Waals surface area contributed by atoms with E-state index in [0.29, 0.717) is 5.56 Å². The lowest BCUT2D eigenvalue weighted by molar-refractivity contribution is -0.389. The molecule has 0 aliphatic heterocycles. The summed E-state index contributed by atoms with van der Waals surface area (Å²) < 4.78 is 12.9. The Labute approximate surface area is 95.8 Å². The summed E-state index contributed by atoms with van der Waals surface area (Å²) in [6, 6.07) is 5.92. The molecule has 0 radical (unpaired) electrons. The topological polar surface area (TPSA) is 71.8 Å². The number of aromatic amines is 1. The first-order valence-electron chi connectivity index (χ1n) is 4.78. The second-order valence-electron chi connectivity index (χ2n) is 3.29. The summed E-state index contributed by atoms with van der Waals surface area (Å²) in [4.78, 5) is 16.2. The second kappa shape index (κ2) is 4.56. The SMILES string of the molecule is O=[N+]([O-])c1nc[nH]c1/C=C/c1cccc(F)c1. The molecule has 86 valence electrons. The number of hydrogen-bond acceptors (Lipinski definition) is 3. The van der Waals surface area contributed by atoms with E-state index in [0.717, 1.165) is 0 Å². The van der Waals surface area contributed by atoms with Crippen molar-refractivity contribution in [3.05, 3.63) is 57.8 Å². The Morgan fingerprint density at radius 2 is 2.24 bits per heavy atom. The lowest BCUT2D eigenvalue weighted by atomic mass is 10.2. The van der Waals surface area contributed by atoms with E-state index in [4.69, 9.17) is 0 Å². The third kappa shape index (κ3) is 2.54. The fourth-order valence-electron chi connectivity index (χ4n) is 1.36. The highest BCUT2D eigenvalue weighted by Gasteiger charge is 2.13. The minimum atomic E-state index is -0.582. The zero-order valence-corrected chi connectivity index (χ0v) is 8.63. The van der Waals surface area contributed by atoms with E-state index >= 15 is 0 Å². The number of hydrogen-bond donors (Lipinski definition) is 1. The van der Waals surface area contributed by atoms with Crippen molar-refractivity contribution in [2.75, 3.05) is 0 Å². The summed E-state index contributed by atoms with van der Waals surface area (Å²) >= 11 is 0. The molecule has 1 aromatic heterocycles. The van der Waals surface area contributed by atoms with Crippen molar-refractivity contribution in [2.45, 2.75) is 0 Å². The highest BCUT2D eigenvalue weighted by atomic mass is 19.1. The molecular formula is C11H8FN3O2. The van der Waals surface area contributed by atoms with Gasteiger partial charge in [0.05, 0.1) is 0 Å². The number of nitrogens with zero attached hydrogens (tertiary/aromatic N) is 2. The second-order valence-corrected chi connectivity index (χ2v) is 3.29. The van der Waals surface area contributed by atoms with Gasteiger partial charge >= 0.3 is 5.82 Å². The van der Waals surface area contributed by atoms with Gasteiger partial charge in [0.15, 0.2) is 0 Å². The summed E-state index contributed by atoms with van der Waals surface area (Å²) in [5.74, 6) is -0.607. The number of benzene rings is 1. The summed E-state index contributed by atoms with van der Waals surface area (Å²) in [6.45, 7) is 0. The minimum absolute atomic E-state index is 0.252. The van der Waals surface area contributed by atoms with Gasteiger partial charge in [-0.2, -0.15) is 0 Å². The predicted octanol–water partition coefficient (Wildman–Crippen LogP) is 2.63. The molecule has 0 saturated carbocycles. The number of H-pyrrole nitrogens is 1. The number of imidazole rings is 1. The molecule has 5 nitrogen and oxygen atoms in total. The largest absolute Gasteiger partial charge is 0.388 e. The molecule has 0 aliphatic carbocycles. The summed E-state index contributed by atoms with van der Waals surface area (Å²) in [6.07, 6.45) is 4.30. The molecule has 0 aliphatic rings. The lowest BCUT2D eigenvalue weighted by Gasteiger charge is -1.93. The van der Waals surface area contributed by atoms with Crippen LogP contribution in [0.25, 0.3) is 12.2 Å². The van der Waals surface area contributed by atoms with Crippen molar-refractivity contribution in [1.82, 2.24) is 9.97 Å². The van der Waals surface area contributed by atoms with Crippen LogP contribution >= 0.6 is 0 Å². The molecule has 2 rings (SSSR count). The molecule has 0 amide bonds. The van der Waals surface area contributed by atoms with Crippen LogP contribution in [0.5, 0.6) is 0 Å². The van der Waals surface area contributed by atoms with Gasteiger partial charge in [-0.1, -0.05) is 18.2 Å². The highest BCUT2D eigenvalue weighted by molar-refractivity contribution is 5.70. The molecule has 0 saturated heterocycles. The van der Waals surface area contributed by atoms with Crippen molar-refractivity contribution in [2.24, 2.45) is 0 Å². The average molecular weight is 233 g/mol. The van der Waals surface area contributed by atoms with Gasteiger partial charge < -0.3 is 15.1 Å². The normalized spacial score (nSPS) is 10.9. The zero-order chi connectivity index (χ0) is 12.3. The first-order chi connectivity index (χ1) is 8.16. The summed E-state index contributed by atoms with van der Waals surface area (Å²) in [5.41, 5.74) is 0.896. The van der Waals surface area contributed by atoms with Gasteiger partial charge in [-0.15, -0.1) is 0 Å². The molecule has 1 heterocycles. The summed E-state index contributed by atoms with van der Waals surface area (Å²) in [5, 5.41) is 10.6. The zero-order valence-electron chi connectivity index (χ0n) is 8.63. The molecule has 2 aromatic rings. The Morgan fingerprint density at radius 1 is 1.41 bits per heavy atom. The highest BCUT2D eigenvalue weighted by Crippen LogP contribution is 2.16. The van der Waals surface area contributed by atoms with Crippen molar-refractivity contribution < 1.29 is 9.31 Å². The number of nitrogens with one attached hydrogen (secondary N) is 1. The molecule has 6 heteroatoms. The number of aromatic nitrogens is 2.